The fraction of sp³-hybridized carbons (Fsp3) is 0.143. The summed E-state index contributed by atoms with van der Waals surface area (Å²) in [6, 6.07) is 5.73. The minimum atomic E-state index is -1.81. The van der Waals surface area contributed by atoms with Gasteiger partial charge in [0.1, 0.15) is 5.82 Å². The van der Waals surface area contributed by atoms with Crippen molar-refractivity contribution in [3.8, 4) is 0 Å². The first-order valence-corrected chi connectivity index (χ1v) is 3.40. The van der Waals surface area contributed by atoms with Crippen LogP contribution in [-0.4, -0.2) is 17.4 Å². The van der Waals surface area contributed by atoms with Crippen LogP contribution in [0.4, 0.5) is 4.39 Å². The Bertz CT molecular complexity index is 254. The summed E-state index contributed by atoms with van der Waals surface area (Å²) in [7, 11) is -1.81. The van der Waals surface area contributed by atoms with Crippen LogP contribution in [0.25, 0.3) is 0 Å². The molecule has 0 saturated heterocycles. The molecule has 0 saturated carbocycles. The van der Waals surface area contributed by atoms with Crippen LogP contribution < -0.4 is 0 Å². The van der Waals surface area contributed by atoms with Crippen molar-refractivity contribution in [2.24, 2.45) is 0 Å². The third kappa shape index (κ3) is 3.00. The van der Waals surface area contributed by atoms with Crippen molar-refractivity contribution in [2.75, 3.05) is 0 Å². The van der Waals surface area contributed by atoms with Crippen LogP contribution in [0.5, 0.6) is 0 Å². The van der Waals surface area contributed by atoms with Crippen LogP contribution >= 0.6 is 0 Å². The van der Waals surface area contributed by atoms with Crippen molar-refractivity contribution < 1.29 is 19.1 Å². The second-order valence-electron chi connectivity index (χ2n) is 2.27. The lowest BCUT2D eigenvalue weighted by atomic mass is 10.2. The highest BCUT2D eigenvalue weighted by atomic mass is 19.1. The number of hydrogen-bond acceptors (Lipinski definition) is 3. The molecule has 0 bridgehead atoms. The van der Waals surface area contributed by atoms with Gasteiger partial charge < -0.3 is 14.7 Å². The van der Waals surface area contributed by atoms with Gasteiger partial charge in [0, 0.05) is 0 Å². The molecule has 3 nitrogen and oxygen atoms in total. The van der Waals surface area contributed by atoms with Gasteiger partial charge in [0.2, 0.25) is 0 Å². The summed E-state index contributed by atoms with van der Waals surface area (Å²) in [4.78, 5) is 0. The Morgan fingerprint density at radius 1 is 1.42 bits per heavy atom. The zero-order valence-electron chi connectivity index (χ0n) is 6.27. The second kappa shape index (κ2) is 4.20. The molecule has 0 amide bonds. The molecule has 1 aromatic carbocycles. The van der Waals surface area contributed by atoms with Gasteiger partial charge in [-0.1, -0.05) is 12.1 Å². The van der Waals surface area contributed by atoms with Gasteiger partial charge in [-0.3, -0.25) is 0 Å². The van der Waals surface area contributed by atoms with Crippen molar-refractivity contribution in [3.63, 3.8) is 0 Å². The van der Waals surface area contributed by atoms with Gasteiger partial charge in [0.25, 0.3) is 0 Å². The van der Waals surface area contributed by atoms with E-state index in [0.717, 1.165) is 0 Å². The SMILES string of the molecule is OB(O)OCc1cccc(F)c1. The lowest BCUT2D eigenvalue weighted by molar-refractivity contribution is 0.176. The summed E-state index contributed by atoms with van der Waals surface area (Å²) in [5.74, 6) is -0.372. The molecule has 0 aliphatic carbocycles. The van der Waals surface area contributed by atoms with Crippen LogP contribution in [-0.2, 0) is 11.3 Å². The zero-order chi connectivity index (χ0) is 8.97. The monoisotopic (exact) mass is 170 g/mol. The molecule has 1 aromatic rings. The predicted octanol–water partition coefficient (Wildman–Crippen LogP) is 0.312. The van der Waals surface area contributed by atoms with Crippen LogP contribution in [0.1, 0.15) is 5.56 Å². The number of benzene rings is 1. The standard InChI is InChI=1S/C7H8BFO3/c9-7-3-1-2-6(4-7)5-12-8(10)11/h1-4,10-11H,5H2. The van der Waals surface area contributed by atoms with Crippen LogP contribution in [0.15, 0.2) is 24.3 Å². The van der Waals surface area contributed by atoms with Gasteiger partial charge in [-0.2, -0.15) is 0 Å². The van der Waals surface area contributed by atoms with E-state index < -0.39 is 7.32 Å². The fourth-order valence-corrected chi connectivity index (χ4v) is 0.798. The smallest absolute Gasteiger partial charge is 0.402 e. The van der Waals surface area contributed by atoms with Crippen molar-refractivity contribution in [1.29, 1.82) is 0 Å². The molecule has 0 spiro atoms. The minimum absolute atomic E-state index is 0.0184. The number of hydrogen-bond donors (Lipinski definition) is 2. The highest BCUT2D eigenvalue weighted by molar-refractivity contribution is 6.32. The molecule has 0 aromatic heterocycles. The van der Waals surface area contributed by atoms with Crippen molar-refractivity contribution in [3.05, 3.63) is 35.6 Å². The van der Waals surface area contributed by atoms with E-state index in [1.54, 1.807) is 6.07 Å². The van der Waals surface area contributed by atoms with Gasteiger partial charge in [0.15, 0.2) is 0 Å². The maximum atomic E-state index is 12.5. The summed E-state index contributed by atoms with van der Waals surface area (Å²) in [5.41, 5.74) is 0.558. The average molecular weight is 170 g/mol. The number of rotatable bonds is 3. The summed E-state index contributed by atoms with van der Waals surface area (Å²) >= 11 is 0. The number of halogens is 1. The first kappa shape index (κ1) is 9.19. The van der Waals surface area contributed by atoms with Gasteiger partial charge in [0.05, 0.1) is 6.61 Å². The van der Waals surface area contributed by atoms with E-state index >= 15 is 0 Å². The molecule has 0 heterocycles. The highest BCUT2D eigenvalue weighted by Crippen LogP contribution is 2.04. The van der Waals surface area contributed by atoms with E-state index in [2.05, 4.69) is 4.65 Å². The minimum Gasteiger partial charge on any atom is -0.402 e. The summed E-state index contributed by atoms with van der Waals surface area (Å²) in [5, 5.41) is 16.6. The van der Waals surface area contributed by atoms with E-state index in [0.29, 0.717) is 5.56 Å². The molecule has 0 aliphatic rings. The Balaban J connectivity index is 2.52. The Morgan fingerprint density at radius 3 is 2.75 bits per heavy atom. The average Bonchev–Trinajstić information content (AvgIpc) is 2.01. The molecule has 5 heteroatoms. The van der Waals surface area contributed by atoms with E-state index in [1.807, 2.05) is 0 Å². The van der Waals surface area contributed by atoms with Crippen molar-refractivity contribution in [2.45, 2.75) is 6.61 Å². The normalized spacial score (nSPS) is 9.92. The third-order valence-corrected chi connectivity index (χ3v) is 1.29. The highest BCUT2D eigenvalue weighted by Gasteiger charge is 2.07. The second-order valence-corrected chi connectivity index (χ2v) is 2.27. The van der Waals surface area contributed by atoms with E-state index in [-0.39, 0.29) is 12.4 Å². The predicted molar refractivity (Wildman–Crippen MR) is 41.4 cm³/mol. The fourth-order valence-electron chi connectivity index (χ4n) is 0.798. The molecule has 0 aliphatic heterocycles. The Labute approximate surface area is 69.6 Å². The maximum Gasteiger partial charge on any atom is 0.634 e. The van der Waals surface area contributed by atoms with Crippen LogP contribution in [0.2, 0.25) is 0 Å². The summed E-state index contributed by atoms with van der Waals surface area (Å²) < 4.78 is 16.9. The summed E-state index contributed by atoms with van der Waals surface area (Å²) in [6.07, 6.45) is 0. The van der Waals surface area contributed by atoms with Gasteiger partial charge >= 0.3 is 7.32 Å². The molecular formula is C7H8BFO3. The molecule has 0 radical (unpaired) electrons. The van der Waals surface area contributed by atoms with Crippen molar-refractivity contribution >= 4 is 7.32 Å². The molecule has 2 N–H and O–H groups in total. The van der Waals surface area contributed by atoms with Crippen LogP contribution in [0.3, 0.4) is 0 Å². The first-order chi connectivity index (χ1) is 5.68. The maximum absolute atomic E-state index is 12.5. The molecule has 1 rings (SSSR count). The topological polar surface area (TPSA) is 49.7 Å². The Hall–Kier alpha value is -0.905. The summed E-state index contributed by atoms with van der Waals surface area (Å²) in [6.45, 7) is -0.0184. The van der Waals surface area contributed by atoms with Crippen molar-refractivity contribution in [1.82, 2.24) is 0 Å². The van der Waals surface area contributed by atoms with E-state index in [9.17, 15) is 4.39 Å². The lowest BCUT2D eigenvalue weighted by Gasteiger charge is -2.01. The van der Waals surface area contributed by atoms with Gasteiger partial charge in [-0.15, -0.1) is 0 Å². The van der Waals surface area contributed by atoms with Crippen LogP contribution in [0, 0.1) is 5.82 Å². The molecule has 0 fully saturated rings. The third-order valence-electron chi connectivity index (χ3n) is 1.29. The molecule has 0 unspecified atom stereocenters. The quantitative estimate of drug-likeness (QED) is 0.641. The Morgan fingerprint density at radius 2 is 2.17 bits per heavy atom. The molecular weight excluding hydrogens is 162 g/mol. The molecule has 64 valence electrons. The largest absolute Gasteiger partial charge is 0.634 e. The van der Waals surface area contributed by atoms with E-state index in [1.165, 1.54) is 18.2 Å². The zero-order valence-corrected chi connectivity index (χ0v) is 6.27. The van der Waals surface area contributed by atoms with Gasteiger partial charge in [-0.05, 0) is 17.7 Å². The molecule has 12 heavy (non-hydrogen) atoms. The Kier molecular flexibility index (Phi) is 3.22. The van der Waals surface area contributed by atoms with E-state index in [4.69, 9.17) is 10.0 Å². The lowest BCUT2D eigenvalue weighted by Crippen LogP contribution is -2.16. The van der Waals surface area contributed by atoms with Gasteiger partial charge in [-0.25, -0.2) is 4.39 Å². The first-order valence-electron chi connectivity index (χ1n) is 3.40. The molecule has 0 atom stereocenters.